The minimum atomic E-state index is -1.07. The van der Waals surface area contributed by atoms with Crippen LogP contribution in [0.15, 0.2) is 22.8 Å². The van der Waals surface area contributed by atoms with Crippen molar-refractivity contribution in [3.63, 3.8) is 0 Å². The van der Waals surface area contributed by atoms with Gasteiger partial charge in [0.05, 0.1) is 12.8 Å². The summed E-state index contributed by atoms with van der Waals surface area (Å²) in [6.07, 6.45) is 3.34. The highest BCUT2D eigenvalue weighted by atomic mass is 16.4. The molecule has 18 heavy (non-hydrogen) atoms. The van der Waals surface area contributed by atoms with Crippen LogP contribution in [0, 0.1) is 0 Å². The molecule has 0 radical (unpaired) electrons. The third-order valence-electron chi connectivity index (χ3n) is 3.28. The molecule has 1 saturated carbocycles. The topological polar surface area (TPSA) is 82.8 Å². The largest absolute Gasteiger partial charge is 0.480 e. The van der Waals surface area contributed by atoms with Gasteiger partial charge in [0, 0.05) is 7.05 Å². The van der Waals surface area contributed by atoms with Crippen LogP contribution in [-0.4, -0.2) is 34.6 Å². The first-order valence-corrected chi connectivity index (χ1v) is 5.82. The summed E-state index contributed by atoms with van der Waals surface area (Å²) in [7, 11) is 1.60. The number of rotatable bonds is 4. The Hall–Kier alpha value is -1.98. The fourth-order valence-corrected chi connectivity index (χ4v) is 1.93. The highest BCUT2D eigenvalue weighted by molar-refractivity contribution is 5.87. The number of carboxylic acid groups (broad SMARTS) is 1. The standard InChI is InChI=1S/C12H16N2O4/c1-14(8-9-4-2-7-18-9)11(17)13-12(10(15)16)5-3-6-12/h2,4,7H,3,5-6,8H2,1H3,(H,13,17)(H,15,16). The van der Waals surface area contributed by atoms with Gasteiger partial charge in [-0.15, -0.1) is 0 Å². The molecule has 0 bridgehead atoms. The number of carbonyl (C=O) groups excluding carboxylic acids is 1. The molecule has 1 heterocycles. The van der Waals surface area contributed by atoms with Crippen molar-refractivity contribution in [3.8, 4) is 0 Å². The van der Waals surface area contributed by atoms with E-state index in [0.717, 1.165) is 6.42 Å². The monoisotopic (exact) mass is 252 g/mol. The van der Waals surface area contributed by atoms with E-state index in [9.17, 15) is 9.59 Å². The van der Waals surface area contributed by atoms with Crippen LogP contribution in [0.3, 0.4) is 0 Å². The molecule has 6 nitrogen and oxygen atoms in total. The smallest absolute Gasteiger partial charge is 0.329 e. The van der Waals surface area contributed by atoms with E-state index in [4.69, 9.17) is 9.52 Å². The molecule has 0 atom stereocenters. The van der Waals surface area contributed by atoms with E-state index in [-0.39, 0.29) is 0 Å². The Balaban J connectivity index is 1.93. The number of carboxylic acids is 1. The van der Waals surface area contributed by atoms with Crippen molar-refractivity contribution in [1.82, 2.24) is 10.2 Å². The van der Waals surface area contributed by atoms with Crippen LogP contribution in [0.25, 0.3) is 0 Å². The summed E-state index contributed by atoms with van der Waals surface area (Å²) in [5.41, 5.74) is -1.07. The van der Waals surface area contributed by atoms with Crippen molar-refractivity contribution in [3.05, 3.63) is 24.2 Å². The van der Waals surface area contributed by atoms with Crippen LogP contribution in [-0.2, 0) is 11.3 Å². The average Bonchev–Trinajstić information content (AvgIpc) is 2.75. The van der Waals surface area contributed by atoms with Gasteiger partial charge in [-0.2, -0.15) is 0 Å². The normalized spacial score (nSPS) is 16.7. The zero-order valence-corrected chi connectivity index (χ0v) is 10.2. The van der Waals surface area contributed by atoms with E-state index in [1.54, 1.807) is 19.2 Å². The Labute approximate surface area is 105 Å². The maximum Gasteiger partial charge on any atom is 0.329 e. The molecule has 2 N–H and O–H groups in total. The number of hydrogen-bond donors (Lipinski definition) is 2. The van der Waals surface area contributed by atoms with E-state index >= 15 is 0 Å². The van der Waals surface area contributed by atoms with Gasteiger partial charge in [-0.25, -0.2) is 9.59 Å². The van der Waals surface area contributed by atoms with Crippen LogP contribution in [0.5, 0.6) is 0 Å². The Morgan fingerprint density at radius 3 is 2.72 bits per heavy atom. The van der Waals surface area contributed by atoms with Gasteiger partial charge in [0.1, 0.15) is 11.3 Å². The Bertz CT molecular complexity index is 437. The lowest BCUT2D eigenvalue weighted by molar-refractivity contribution is -0.148. The Kier molecular flexibility index (Phi) is 3.27. The number of amides is 2. The lowest BCUT2D eigenvalue weighted by atomic mass is 9.77. The summed E-state index contributed by atoms with van der Waals surface area (Å²) in [5.74, 6) is -0.306. The molecule has 6 heteroatoms. The second-order valence-corrected chi connectivity index (χ2v) is 4.61. The molecule has 0 aliphatic heterocycles. The van der Waals surface area contributed by atoms with Crippen molar-refractivity contribution < 1.29 is 19.1 Å². The number of aliphatic carboxylic acids is 1. The number of hydrogen-bond acceptors (Lipinski definition) is 3. The van der Waals surface area contributed by atoms with Crippen molar-refractivity contribution in [2.24, 2.45) is 0 Å². The minimum absolute atomic E-state index is 0.314. The third-order valence-corrected chi connectivity index (χ3v) is 3.28. The number of furan rings is 1. The molecule has 0 saturated heterocycles. The number of carbonyl (C=O) groups is 2. The fourth-order valence-electron chi connectivity index (χ4n) is 1.93. The van der Waals surface area contributed by atoms with Gasteiger partial charge in [-0.3, -0.25) is 0 Å². The summed E-state index contributed by atoms with van der Waals surface area (Å²) >= 11 is 0. The van der Waals surface area contributed by atoms with Gasteiger partial charge in [-0.1, -0.05) is 0 Å². The summed E-state index contributed by atoms with van der Waals surface area (Å²) in [5, 5.41) is 11.7. The highest BCUT2D eigenvalue weighted by Gasteiger charge is 2.46. The second kappa shape index (κ2) is 4.72. The van der Waals surface area contributed by atoms with Crippen LogP contribution in [0.2, 0.25) is 0 Å². The Morgan fingerprint density at radius 2 is 2.28 bits per heavy atom. The molecule has 0 aromatic carbocycles. The van der Waals surface area contributed by atoms with Gasteiger partial charge in [0.2, 0.25) is 0 Å². The minimum Gasteiger partial charge on any atom is -0.480 e. The van der Waals surface area contributed by atoms with Crippen LogP contribution >= 0.6 is 0 Å². The quantitative estimate of drug-likeness (QED) is 0.849. The Morgan fingerprint density at radius 1 is 1.56 bits per heavy atom. The molecular formula is C12H16N2O4. The third kappa shape index (κ3) is 2.32. The first kappa shape index (κ1) is 12.5. The van der Waals surface area contributed by atoms with Gasteiger partial charge < -0.3 is 19.7 Å². The van der Waals surface area contributed by atoms with E-state index in [2.05, 4.69) is 5.32 Å². The van der Waals surface area contributed by atoms with Crippen molar-refractivity contribution in [1.29, 1.82) is 0 Å². The van der Waals surface area contributed by atoms with Gasteiger partial charge in [0.25, 0.3) is 0 Å². The number of urea groups is 1. The SMILES string of the molecule is CN(Cc1ccco1)C(=O)NC1(C(=O)O)CCC1. The van der Waals surface area contributed by atoms with E-state index in [1.165, 1.54) is 11.2 Å². The van der Waals surface area contributed by atoms with Gasteiger partial charge in [-0.05, 0) is 31.4 Å². The molecule has 1 aromatic rings. The first-order chi connectivity index (χ1) is 8.53. The van der Waals surface area contributed by atoms with Crippen molar-refractivity contribution in [2.75, 3.05) is 7.05 Å². The summed E-state index contributed by atoms with van der Waals surface area (Å²) in [4.78, 5) is 24.4. The van der Waals surface area contributed by atoms with E-state index in [0.29, 0.717) is 25.1 Å². The van der Waals surface area contributed by atoms with E-state index < -0.39 is 17.5 Å². The summed E-state index contributed by atoms with van der Waals surface area (Å²) in [6, 6.07) is 3.11. The average molecular weight is 252 g/mol. The summed E-state index contributed by atoms with van der Waals surface area (Å²) in [6.45, 7) is 0.314. The van der Waals surface area contributed by atoms with E-state index in [1.807, 2.05) is 0 Å². The maximum atomic E-state index is 11.9. The lowest BCUT2D eigenvalue weighted by Gasteiger charge is -2.39. The molecule has 1 aliphatic rings. The lowest BCUT2D eigenvalue weighted by Crippen LogP contribution is -2.61. The molecule has 1 aliphatic carbocycles. The molecule has 1 fully saturated rings. The summed E-state index contributed by atoms with van der Waals surface area (Å²) < 4.78 is 5.13. The molecule has 2 rings (SSSR count). The maximum absolute atomic E-state index is 11.9. The van der Waals surface area contributed by atoms with Crippen LogP contribution in [0.1, 0.15) is 25.0 Å². The van der Waals surface area contributed by atoms with Gasteiger partial charge >= 0.3 is 12.0 Å². The molecule has 1 aromatic heterocycles. The zero-order valence-electron chi connectivity index (χ0n) is 10.2. The second-order valence-electron chi connectivity index (χ2n) is 4.61. The molecule has 0 unspecified atom stereocenters. The predicted octanol–water partition coefficient (Wildman–Crippen LogP) is 1.43. The van der Waals surface area contributed by atoms with Crippen LogP contribution < -0.4 is 5.32 Å². The van der Waals surface area contributed by atoms with Gasteiger partial charge in [0.15, 0.2) is 0 Å². The zero-order chi connectivity index (χ0) is 13.2. The molecule has 0 spiro atoms. The number of nitrogens with one attached hydrogen (secondary N) is 1. The first-order valence-electron chi connectivity index (χ1n) is 5.82. The highest BCUT2D eigenvalue weighted by Crippen LogP contribution is 2.32. The predicted molar refractivity (Wildman–Crippen MR) is 62.9 cm³/mol. The van der Waals surface area contributed by atoms with Crippen molar-refractivity contribution >= 4 is 12.0 Å². The number of nitrogens with zero attached hydrogens (tertiary/aromatic N) is 1. The molecule has 98 valence electrons. The van der Waals surface area contributed by atoms with Crippen LogP contribution in [0.4, 0.5) is 4.79 Å². The molecular weight excluding hydrogens is 236 g/mol. The fraction of sp³-hybridized carbons (Fsp3) is 0.500. The molecule has 2 amide bonds. The van der Waals surface area contributed by atoms with Crippen molar-refractivity contribution in [2.45, 2.75) is 31.3 Å².